The van der Waals surface area contributed by atoms with E-state index in [1.165, 1.54) is 29.2 Å². The molecule has 1 aliphatic rings. The van der Waals surface area contributed by atoms with Crippen LogP contribution < -0.4 is 4.90 Å². The van der Waals surface area contributed by atoms with Crippen LogP contribution in [0.5, 0.6) is 0 Å². The van der Waals surface area contributed by atoms with E-state index in [-0.39, 0.29) is 35.7 Å². The molecule has 0 aliphatic carbocycles. The Balaban J connectivity index is 2.31. The number of esters is 1. The normalized spacial score (nSPS) is 16.0. The van der Waals surface area contributed by atoms with Gasteiger partial charge in [0.2, 0.25) is 0 Å². The van der Waals surface area contributed by atoms with E-state index in [4.69, 9.17) is 9.47 Å². The molecule has 0 aromatic heterocycles. The molecule has 0 N–H and O–H groups in total. The van der Waals surface area contributed by atoms with Crippen LogP contribution >= 0.6 is 0 Å². The lowest BCUT2D eigenvalue weighted by atomic mass is 9.92. The molecule has 10 heteroatoms. The van der Waals surface area contributed by atoms with Crippen LogP contribution in [0.15, 0.2) is 65.9 Å². The monoisotopic (exact) mass is 453 g/mol. The second-order valence-electron chi connectivity index (χ2n) is 7.00. The number of anilines is 1. The fourth-order valence-corrected chi connectivity index (χ4v) is 3.66. The van der Waals surface area contributed by atoms with E-state index in [1.54, 1.807) is 51.1 Å². The first-order chi connectivity index (χ1) is 15.8. The lowest BCUT2D eigenvalue weighted by Gasteiger charge is -2.40. The number of nitro benzene ring substituents is 1. The largest absolute Gasteiger partial charge is 0.463 e. The quantitative estimate of drug-likeness (QED) is 0.357. The number of amides is 3. The van der Waals surface area contributed by atoms with E-state index in [2.05, 4.69) is 0 Å². The molecule has 0 spiro atoms. The topological polar surface area (TPSA) is 119 Å². The number of rotatable bonds is 6. The summed E-state index contributed by atoms with van der Waals surface area (Å²) >= 11 is 0. The molecular formula is C23H23N3O7. The van der Waals surface area contributed by atoms with Gasteiger partial charge in [-0.2, -0.15) is 0 Å². The molecule has 33 heavy (non-hydrogen) atoms. The molecule has 1 aliphatic heterocycles. The third-order valence-electron chi connectivity index (χ3n) is 5.03. The number of carbonyl (C=O) groups is 3. The minimum atomic E-state index is -1.28. The van der Waals surface area contributed by atoms with Crippen LogP contribution in [0.4, 0.5) is 21.0 Å². The van der Waals surface area contributed by atoms with Crippen LogP contribution in [0.25, 0.3) is 0 Å². The molecule has 0 fully saturated rings. The van der Waals surface area contributed by atoms with Gasteiger partial charge in [0.25, 0.3) is 5.69 Å². The number of hydrogen-bond acceptors (Lipinski definition) is 7. The maximum atomic E-state index is 13.6. The highest BCUT2D eigenvalue weighted by atomic mass is 16.6. The molecule has 3 amide bonds. The summed E-state index contributed by atoms with van der Waals surface area (Å²) in [6, 6.07) is 11.9. The van der Waals surface area contributed by atoms with Crippen molar-refractivity contribution in [1.82, 2.24) is 4.90 Å². The van der Waals surface area contributed by atoms with Gasteiger partial charge in [0.1, 0.15) is 6.04 Å². The molecule has 0 bridgehead atoms. The van der Waals surface area contributed by atoms with E-state index in [0.29, 0.717) is 5.69 Å². The zero-order valence-electron chi connectivity index (χ0n) is 18.4. The zero-order valence-corrected chi connectivity index (χ0v) is 18.4. The number of benzene rings is 2. The molecule has 3 rings (SSSR count). The summed E-state index contributed by atoms with van der Waals surface area (Å²) < 4.78 is 10.4. The van der Waals surface area contributed by atoms with Crippen LogP contribution in [0, 0.1) is 10.1 Å². The highest BCUT2D eigenvalue weighted by molar-refractivity contribution is 6.08. The van der Waals surface area contributed by atoms with E-state index in [0.717, 1.165) is 4.90 Å². The highest BCUT2D eigenvalue weighted by Crippen LogP contribution is 2.41. The van der Waals surface area contributed by atoms with Gasteiger partial charge in [0, 0.05) is 17.8 Å². The summed E-state index contributed by atoms with van der Waals surface area (Å²) in [4.78, 5) is 52.4. The van der Waals surface area contributed by atoms with Crippen LogP contribution in [0.3, 0.4) is 0 Å². The minimum absolute atomic E-state index is 0.00569. The molecule has 1 unspecified atom stereocenters. The van der Waals surface area contributed by atoms with Crippen molar-refractivity contribution in [2.45, 2.75) is 26.8 Å². The van der Waals surface area contributed by atoms with Crippen molar-refractivity contribution in [3.05, 3.63) is 81.5 Å². The Kier molecular flexibility index (Phi) is 7.07. The van der Waals surface area contributed by atoms with Gasteiger partial charge in [0.05, 0.1) is 29.4 Å². The van der Waals surface area contributed by atoms with Crippen LogP contribution in [0.1, 0.15) is 32.4 Å². The van der Waals surface area contributed by atoms with Gasteiger partial charge in [-0.25, -0.2) is 19.3 Å². The van der Waals surface area contributed by atoms with Gasteiger partial charge in [-0.1, -0.05) is 30.3 Å². The third-order valence-corrected chi connectivity index (χ3v) is 5.03. The predicted molar refractivity (Wildman–Crippen MR) is 118 cm³/mol. The fourth-order valence-electron chi connectivity index (χ4n) is 3.66. The van der Waals surface area contributed by atoms with Crippen LogP contribution in [0.2, 0.25) is 0 Å². The maximum Gasteiger partial charge on any atom is 0.418 e. The molecule has 172 valence electrons. The minimum Gasteiger partial charge on any atom is -0.463 e. The van der Waals surface area contributed by atoms with Gasteiger partial charge in [-0.15, -0.1) is 0 Å². The number of nitrogens with zero attached hydrogens (tertiary/aromatic N) is 3. The Morgan fingerprint density at radius 1 is 1.03 bits per heavy atom. The second-order valence-corrected chi connectivity index (χ2v) is 7.00. The Morgan fingerprint density at radius 2 is 1.70 bits per heavy atom. The number of carbonyl (C=O) groups excluding carboxylic acids is 3. The van der Waals surface area contributed by atoms with Crippen LogP contribution in [-0.2, 0) is 14.3 Å². The first-order valence-corrected chi connectivity index (χ1v) is 10.3. The predicted octanol–water partition coefficient (Wildman–Crippen LogP) is 4.57. The van der Waals surface area contributed by atoms with Gasteiger partial charge in [-0.05, 0) is 38.5 Å². The molecular weight excluding hydrogens is 430 g/mol. The van der Waals surface area contributed by atoms with Crippen molar-refractivity contribution in [2.75, 3.05) is 18.1 Å². The number of non-ortho nitro benzene ring substituents is 1. The Labute approximate surface area is 190 Å². The summed E-state index contributed by atoms with van der Waals surface area (Å²) in [5.41, 5.74) is 0.597. The Morgan fingerprint density at radius 3 is 2.30 bits per heavy atom. The Hall–Kier alpha value is -4.21. The van der Waals surface area contributed by atoms with Gasteiger partial charge in [0.15, 0.2) is 0 Å². The lowest BCUT2D eigenvalue weighted by Crippen LogP contribution is -2.53. The highest BCUT2D eigenvalue weighted by Gasteiger charge is 2.47. The number of para-hydroxylation sites is 1. The second kappa shape index (κ2) is 9.94. The van der Waals surface area contributed by atoms with Gasteiger partial charge < -0.3 is 9.47 Å². The van der Waals surface area contributed by atoms with Crippen molar-refractivity contribution in [3.8, 4) is 0 Å². The molecule has 0 saturated carbocycles. The zero-order chi connectivity index (χ0) is 24.1. The van der Waals surface area contributed by atoms with Crippen molar-refractivity contribution in [2.24, 2.45) is 0 Å². The van der Waals surface area contributed by atoms with E-state index >= 15 is 0 Å². The molecule has 0 saturated heterocycles. The summed E-state index contributed by atoms with van der Waals surface area (Å²) in [7, 11) is 0. The maximum absolute atomic E-state index is 13.6. The van der Waals surface area contributed by atoms with Crippen molar-refractivity contribution >= 4 is 29.5 Å². The smallest absolute Gasteiger partial charge is 0.418 e. The van der Waals surface area contributed by atoms with E-state index in [9.17, 15) is 24.5 Å². The number of nitro groups is 1. The molecule has 10 nitrogen and oxygen atoms in total. The van der Waals surface area contributed by atoms with Crippen molar-refractivity contribution in [3.63, 3.8) is 0 Å². The number of ether oxygens (including phenoxy) is 2. The third kappa shape index (κ3) is 4.54. The molecule has 2 aromatic rings. The number of urea groups is 1. The standard InChI is InChI=1S/C23H23N3O7/c1-4-32-21(27)19-15(3)24(17-11-7-6-8-12-17)22(28)25(23(29)33-5-2)20(19)16-10-9-13-18(14-16)26(30)31/h6-14,20H,4-5H2,1-3H3. The van der Waals surface area contributed by atoms with Crippen molar-refractivity contribution < 1.29 is 28.8 Å². The molecule has 1 heterocycles. The van der Waals surface area contributed by atoms with Gasteiger partial charge >= 0.3 is 18.1 Å². The summed E-state index contributed by atoms with van der Waals surface area (Å²) in [5, 5.41) is 11.4. The average molecular weight is 453 g/mol. The van der Waals surface area contributed by atoms with Crippen LogP contribution in [-0.4, -0.2) is 41.1 Å². The molecule has 0 radical (unpaired) electrons. The SMILES string of the molecule is CCOC(=O)C1=C(C)N(c2ccccc2)C(=O)N(C(=O)OCC)C1c1cccc([N+](=O)[O-])c1. The number of imide groups is 1. The molecule has 2 aromatic carbocycles. The summed E-state index contributed by atoms with van der Waals surface area (Å²) in [5.74, 6) is -0.755. The average Bonchev–Trinajstić information content (AvgIpc) is 2.79. The molecule has 1 atom stereocenters. The van der Waals surface area contributed by atoms with Crippen molar-refractivity contribution in [1.29, 1.82) is 0 Å². The first-order valence-electron chi connectivity index (χ1n) is 10.3. The van der Waals surface area contributed by atoms with E-state index in [1.807, 2.05) is 0 Å². The van der Waals surface area contributed by atoms with E-state index < -0.39 is 29.1 Å². The number of hydrogen-bond donors (Lipinski definition) is 0. The number of allylic oxidation sites excluding steroid dienone is 1. The Bertz CT molecular complexity index is 1110. The van der Waals surface area contributed by atoms with Gasteiger partial charge in [-0.3, -0.25) is 15.0 Å². The fraction of sp³-hybridized carbons (Fsp3) is 0.261. The lowest BCUT2D eigenvalue weighted by molar-refractivity contribution is -0.384. The summed E-state index contributed by atoms with van der Waals surface area (Å²) in [6.45, 7) is 4.80. The summed E-state index contributed by atoms with van der Waals surface area (Å²) in [6.07, 6.45) is -0.991. The first kappa shape index (κ1) is 23.5.